The molecule has 0 aliphatic carbocycles. The summed E-state index contributed by atoms with van der Waals surface area (Å²) in [5, 5.41) is 8.30. The Morgan fingerprint density at radius 2 is 1.76 bits per heavy atom. The molecule has 0 radical (unpaired) electrons. The van der Waals surface area contributed by atoms with Crippen LogP contribution in [0, 0.1) is 0 Å². The highest BCUT2D eigenvalue weighted by Gasteiger charge is 2.11. The lowest BCUT2D eigenvalue weighted by Gasteiger charge is -2.04. The predicted octanol–water partition coefficient (Wildman–Crippen LogP) is 3.69. The van der Waals surface area contributed by atoms with Crippen molar-refractivity contribution in [1.82, 2.24) is 20.2 Å². The Morgan fingerprint density at radius 1 is 0.857 bits per heavy atom. The van der Waals surface area contributed by atoms with Gasteiger partial charge in [-0.25, -0.2) is 0 Å². The molecule has 4 heteroatoms. The maximum Gasteiger partial charge on any atom is 0.0913 e. The lowest BCUT2D eigenvalue weighted by molar-refractivity contribution is 1.09. The van der Waals surface area contributed by atoms with E-state index in [-0.39, 0.29) is 0 Å². The molecule has 0 aliphatic heterocycles. The van der Waals surface area contributed by atoms with E-state index in [1.807, 2.05) is 48.8 Å². The Labute approximate surface area is 121 Å². The van der Waals surface area contributed by atoms with Crippen LogP contribution in [0.2, 0.25) is 0 Å². The molecule has 0 saturated carbocycles. The quantitative estimate of drug-likeness (QED) is 0.605. The standard InChI is InChI=1S/C17H12N4/c1-2-6-15-12(5-1)9-13(10-19-15)14-11-20-21-17(14)16-7-3-4-8-18-16/h1-11H,(H,20,21). The molecule has 1 N–H and O–H groups in total. The van der Waals surface area contributed by atoms with Gasteiger partial charge in [0.2, 0.25) is 0 Å². The monoisotopic (exact) mass is 272 g/mol. The van der Waals surface area contributed by atoms with Crippen LogP contribution in [-0.4, -0.2) is 20.2 Å². The van der Waals surface area contributed by atoms with E-state index in [1.54, 1.807) is 6.20 Å². The first kappa shape index (κ1) is 11.8. The van der Waals surface area contributed by atoms with Crippen LogP contribution in [0.4, 0.5) is 0 Å². The summed E-state index contributed by atoms with van der Waals surface area (Å²) in [4.78, 5) is 8.89. The number of hydrogen-bond acceptors (Lipinski definition) is 3. The van der Waals surface area contributed by atoms with Crippen LogP contribution in [0.3, 0.4) is 0 Å². The molecule has 0 amide bonds. The van der Waals surface area contributed by atoms with Crippen molar-refractivity contribution in [1.29, 1.82) is 0 Å². The minimum atomic E-state index is 0.873. The van der Waals surface area contributed by atoms with Crippen molar-refractivity contribution in [2.24, 2.45) is 0 Å². The Morgan fingerprint density at radius 3 is 2.67 bits per heavy atom. The zero-order valence-corrected chi connectivity index (χ0v) is 11.2. The van der Waals surface area contributed by atoms with Crippen LogP contribution < -0.4 is 0 Å². The Kier molecular flexibility index (Phi) is 2.71. The normalized spacial score (nSPS) is 10.9. The first-order valence-corrected chi connectivity index (χ1v) is 6.72. The number of pyridine rings is 2. The number of benzene rings is 1. The molecule has 4 rings (SSSR count). The number of rotatable bonds is 2. The Balaban J connectivity index is 1.88. The fourth-order valence-corrected chi connectivity index (χ4v) is 2.43. The molecule has 3 aromatic heterocycles. The third-order valence-corrected chi connectivity index (χ3v) is 3.46. The van der Waals surface area contributed by atoms with Crippen molar-refractivity contribution in [3.63, 3.8) is 0 Å². The zero-order valence-electron chi connectivity index (χ0n) is 11.2. The molecule has 0 unspecified atom stereocenters. The molecular weight excluding hydrogens is 260 g/mol. The van der Waals surface area contributed by atoms with Gasteiger partial charge in [-0.1, -0.05) is 24.3 Å². The van der Waals surface area contributed by atoms with Gasteiger partial charge in [-0.3, -0.25) is 15.1 Å². The molecule has 0 spiro atoms. The highest BCUT2D eigenvalue weighted by Crippen LogP contribution is 2.29. The number of fused-ring (bicyclic) bond motifs is 1. The molecule has 100 valence electrons. The van der Waals surface area contributed by atoms with Gasteiger partial charge in [0.05, 0.1) is 23.1 Å². The second kappa shape index (κ2) is 4.83. The molecule has 21 heavy (non-hydrogen) atoms. The van der Waals surface area contributed by atoms with Crippen molar-refractivity contribution in [2.75, 3.05) is 0 Å². The second-order valence-corrected chi connectivity index (χ2v) is 4.79. The minimum Gasteiger partial charge on any atom is -0.276 e. The molecule has 0 bridgehead atoms. The molecule has 1 aromatic carbocycles. The number of H-pyrrole nitrogens is 1. The van der Waals surface area contributed by atoms with E-state index in [0.29, 0.717) is 0 Å². The van der Waals surface area contributed by atoms with Gasteiger partial charge in [-0.05, 0) is 24.3 Å². The van der Waals surface area contributed by atoms with Gasteiger partial charge in [0.1, 0.15) is 0 Å². The topological polar surface area (TPSA) is 54.5 Å². The third kappa shape index (κ3) is 2.07. The number of hydrogen-bond donors (Lipinski definition) is 1. The summed E-state index contributed by atoms with van der Waals surface area (Å²) in [6, 6.07) is 16.0. The van der Waals surface area contributed by atoms with Gasteiger partial charge in [0.25, 0.3) is 0 Å². The molecule has 3 heterocycles. The highest BCUT2D eigenvalue weighted by molar-refractivity contribution is 5.86. The van der Waals surface area contributed by atoms with Gasteiger partial charge in [0.15, 0.2) is 0 Å². The summed E-state index contributed by atoms with van der Waals surface area (Å²) >= 11 is 0. The van der Waals surface area contributed by atoms with E-state index in [1.165, 1.54) is 0 Å². The van der Waals surface area contributed by atoms with Gasteiger partial charge in [-0.2, -0.15) is 5.10 Å². The minimum absolute atomic E-state index is 0.873. The molecule has 0 saturated heterocycles. The summed E-state index contributed by atoms with van der Waals surface area (Å²) in [5.41, 5.74) is 4.81. The lowest BCUT2D eigenvalue weighted by atomic mass is 10.0. The number of aromatic nitrogens is 4. The Hall–Kier alpha value is -3.01. The van der Waals surface area contributed by atoms with Crippen LogP contribution in [-0.2, 0) is 0 Å². The summed E-state index contributed by atoms with van der Waals surface area (Å²) in [6.07, 6.45) is 5.47. The number of nitrogens with one attached hydrogen (secondary N) is 1. The third-order valence-electron chi connectivity index (χ3n) is 3.46. The molecular formula is C17H12N4. The van der Waals surface area contributed by atoms with Crippen molar-refractivity contribution in [2.45, 2.75) is 0 Å². The molecule has 0 atom stereocenters. The lowest BCUT2D eigenvalue weighted by Crippen LogP contribution is -1.87. The fourth-order valence-electron chi connectivity index (χ4n) is 2.43. The van der Waals surface area contributed by atoms with Crippen molar-refractivity contribution >= 4 is 10.9 Å². The van der Waals surface area contributed by atoms with E-state index in [4.69, 9.17) is 0 Å². The molecule has 4 aromatic rings. The molecule has 4 nitrogen and oxygen atoms in total. The molecule has 0 fully saturated rings. The van der Waals surface area contributed by atoms with Gasteiger partial charge in [0, 0.05) is 28.9 Å². The summed E-state index contributed by atoms with van der Waals surface area (Å²) < 4.78 is 0. The molecule has 0 aliphatic rings. The van der Waals surface area contributed by atoms with Gasteiger partial charge in [-0.15, -0.1) is 0 Å². The number of nitrogens with zero attached hydrogens (tertiary/aromatic N) is 3. The van der Waals surface area contributed by atoms with E-state index in [2.05, 4.69) is 32.3 Å². The van der Waals surface area contributed by atoms with Crippen LogP contribution in [0.15, 0.2) is 67.1 Å². The average Bonchev–Trinajstić information content (AvgIpc) is 3.05. The smallest absolute Gasteiger partial charge is 0.0913 e. The van der Waals surface area contributed by atoms with Crippen molar-refractivity contribution in [3.05, 3.63) is 67.1 Å². The zero-order chi connectivity index (χ0) is 14.1. The first-order valence-electron chi connectivity index (χ1n) is 6.72. The van der Waals surface area contributed by atoms with E-state index >= 15 is 0 Å². The number of para-hydroxylation sites is 1. The average molecular weight is 272 g/mol. The van der Waals surface area contributed by atoms with Crippen LogP contribution in [0.5, 0.6) is 0 Å². The Bertz CT molecular complexity index is 897. The van der Waals surface area contributed by atoms with Crippen LogP contribution in [0.1, 0.15) is 0 Å². The summed E-state index contributed by atoms with van der Waals surface area (Å²) in [7, 11) is 0. The maximum atomic E-state index is 4.51. The highest BCUT2D eigenvalue weighted by atomic mass is 15.1. The van der Waals surface area contributed by atoms with E-state index in [0.717, 1.165) is 33.4 Å². The number of aromatic amines is 1. The van der Waals surface area contributed by atoms with E-state index in [9.17, 15) is 0 Å². The van der Waals surface area contributed by atoms with Crippen molar-refractivity contribution in [3.8, 4) is 22.5 Å². The van der Waals surface area contributed by atoms with Crippen LogP contribution >= 0.6 is 0 Å². The second-order valence-electron chi connectivity index (χ2n) is 4.79. The van der Waals surface area contributed by atoms with Crippen LogP contribution in [0.25, 0.3) is 33.4 Å². The summed E-state index contributed by atoms with van der Waals surface area (Å²) in [5.74, 6) is 0. The van der Waals surface area contributed by atoms with Gasteiger partial charge >= 0.3 is 0 Å². The van der Waals surface area contributed by atoms with E-state index < -0.39 is 0 Å². The SMILES string of the molecule is c1ccc(-c2[nH]ncc2-c2cnc3ccccc3c2)nc1. The predicted molar refractivity (Wildman–Crippen MR) is 82.6 cm³/mol. The van der Waals surface area contributed by atoms with Crippen molar-refractivity contribution < 1.29 is 0 Å². The summed E-state index contributed by atoms with van der Waals surface area (Å²) in [6.45, 7) is 0. The maximum absolute atomic E-state index is 4.51. The van der Waals surface area contributed by atoms with Gasteiger partial charge < -0.3 is 0 Å². The largest absolute Gasteiger partial charge is 0.276 e. The fraction of sp³-hybridized carbons (Fsp3) is 0. The first-order chi connectivity index (χ1) is 10.4.